The number of carbonyl (C=O) groups is 1. The zero-order valence-corrected chi connectivity index (χ0v) is 9.76. The van der Waals surface area contributed by atoms with Gasteiger partial charge < -0.3 is 4.74 Å². The lowest BCUT2D eigenvalue weighted by Crippen LogP contribution is -2.19. The van der Waals surface area contributed by atoms with Crippen molar-refractivity contribution in [3.8, 4) is 0 Å². The third-order valence-corrected chi connectivity index (χ3v) is 4.13. The fourth-order valence-corrected chi connectivity index (χ4v) is 2.90. The largest absolute Gasteiger partial charge is 0.381 e. The Morgan fingerprint density at radius 2 is 2.13 bits per heavy atom. The van der Waals surface area contributed by atoms with Crippen molar-refractivity contribution in [2.45, 2.75) is 51.9 Å². The lowest BCUT2D eigenvalue weighted by Gasteiger charge is -2.27. The Hall–Kier alpha value is -0.370. The number of hydrogen-bond acceptors (Lipinski definition) is 2. The van der Waals surface area contributed by atoms with E-state index in [9.17, 15) is 4.79 Å². The normalized spacial score (nSPS) is 33.5. The summed E-state index contributed by atoms with van der Waals surface area (Å²) in [7, 11) is 0. The van der Waals surface area contributed by atoms with Gasteiger partial charge in [0.1, 0.15) is 5.78 Å². The van der Waals surface area contributed by atoms with Crippen molar-refractivity contribution in [3.63, 3.8) is 0 Å². The maximum atomic E-state index is 11.3. The molecule has 2 nitrogen and oxygen atoms in total. The summed E-state index contributed by atoms with van der Waals surface area (Å²) in [5, 5.41) is 0. The predicted molar refractivity (Wildman–Crippen MR) is 59.7 cm³/mol. The maximum absolute atomic E-state index is 11.3. The van der Waals surface area contributed by atoms with E-state index < -0.39 is 0 Å². The molecule has 0 aromatic heterocycles. The fraction of sp³-hybridized carbons (Fsp3) is 0.923. The lowest BCUT2D eigenvalue weighted by molar-refractivity contribution is -0.118. The van der Waals surface area contributed by atoms with Crippen molar-refractivity contribution < 1.29 is 9.53 Å². The van der Waals surface area contributed by atoms with E-state index in [1.165, 1.54) is 25.7 Å². The summed E-state index contributed by atoms with van der Waals surface area (Å²) in [4.78, 5) is 11.3. The van der Waals surface area contributed by atoms with E-state index in [2.05, 4.69) is 6.92 Å². The molecule has 2 rings (SSSR count). The second-order valence-corrected chi connectivity index (χ2v) is 5.62. The Labute approximate surface area is 92.4 Å². The highest BCUT2D eigenvalue weighted by atomic mass is 16.5. The molecule has 2 heteroatoms. The minimum atomic E-state index is 0.329. The highest BCUT2D eigenvalue weighted by Gasteiger charge is 2.34. The molecule has 1 aliphatic heterocycles. The van der Waals surface area contributed by atoms with E-state index >= 15 is 0 Å². The second kappa shape index (κ2) is 4.65. The van der Waals surface area contributed by atoms with Crippen LogP contribution in [0.5, 0.6) is 0 Å². The molecule has 1 aliphatic carbocycles. The van der Waals surface area contributed by atoms with Gasteiger partial charge in [0.15, 0.2) is 0 Å². The molecule has 1 saturated carbocycles. The number of Topliss-reactive ketones (excluding diaryl/α,β-unsaturated/α-hetero) is 1. The van der Waals surface area contributed by atoms with Gasteiger partial charge in [-0.3, -0.25) is 4.79 Å². The van der Waals surface area contributed by atoms with Crippen molar-refractivity contribution in [1.82, 2.24) is 0 Å². The molecule has 0 N–H and O–H groups in total. The molecule has 0 radical (unpaired) electrons. The Morgan fingerprint density at radius 3 is 2.73 bits per heavy atom. The molecule has 0 aromatic carbocycles. The lowest BCUT2D eigenvalue weighted by atomic mass is 9.80. The molecule has 1 atom stereocenters. The summed E-state index contributed by atoms with van der Waals surface area (Å²) in [6.07, 6.45) is 7.76. The molecular weight excluding hydrogens is 188 g/mol. The Morgan fingerprint density at radius 1 is 1.40 bits per heavy atom. The van der Waals surface area contributed by atoms with E-state index in [4.69, 9.17) is 4.74 Å². The SMILES string of the molecule is CC1(CCC2CCOCC2)CCC(=O)C1. The van der Waals surface area contributed by atoms with Gasteiger partial charge in [-0.1, -0.05) is 6.92 Å². The standard InChI is InChI=1S/C13H22O2/c1-13(7-3-12(14)10-13)6-2-11-4-8-15-9-5-11/h11H,2-10H2,1H3. The highest BCUT2D eigenvalue weighted by Crippen LogP contribution is 2.41. The van der Waals surface area contributed by atoms with Crippen molar-refractivity contribution >= 4 is 5.78 Å². The number of ketones is 1. The second-order valence-electron chi connectivity index (χ2n) is 5.62. The molecule has 1 heterocycles. The van der Waals surface area contributed by atoms with Gasteiger partial charge in [-0.05, 0) is 43.4 Å². The van der Waals surface area contributed by atoms with Crippen LogP contribution in [0.3, 0.4) is 0 Å². The van der Waals surface area contributed by atoms with Crippen LogP contribution in [0, 0.1) is 11.3 Å². The Bertz CT molecular complexity index is 231. The predicted octanol–water partition coefficient (Wildman–Crippen LogP) is 2.95. The van der Waals surface area contributed by atoms with Crippen LogP contribution < -0.4 is 0 Å². The van der Waals surface area contributed by atoms with Crippen LogP contribution in [-0.4, -0.2) is 19.0 Å². The number of hydrogen-bond donors (Lipinski definition) is 0. The zero-order valence-electron chi connectivity index (χ0n) is 9.76. The summed E-state index contributed by atoms with van der Waals surface area (Å²) in [5.41, 5.74) is 0.329. The minimum absolute atomic E-state index is 0.329. The van der Waals surface area contributed by atoms with Crippen molar-refractivity contribution in [1.29, 1.82) is 0 Å². The van der Waals surface area contributed by atoms with Gasteiger partial charge >= 0.3 is 0 Å². The third-order valence-electron chi connectivity index (χ3n) is 4.13. The van der Waals surface area contributed by atoms with Gasteiger partial charge in [0.25, 0.3) is 0 Å². The summed E-state index contributed by atoms with van der Waals surface area (Å²) in [6, 6.07) is 0. The molecule has 1 unspecified atom stereocenters. The van der Waals surface area contributed by atoms with Crippen molar-refractivity contribution in [3.05, 3.63) is 0 Å². The van der Waals surface area contributed by atoms with Gasteiger partial charge in [0.2, 0.25) is 0 Å². The minimum Gasteiger partial charge on any atom is -0.381 e. The van der Waals surface area contributed by atoms with Crippen molar-refractivity contribution in [2.75, 3.05) is 13.2 Å². The molecule has 86 valence electrons. The first-order valence-electron chi connectivity index (χ1n) is 6.27. The van der Waals surface area contributed by atoms with Crippen LogP contribution in [-0.2, 0) is 9.53 Å². The first-order chi connectivity index (χ1) is 7.18. The summed E-state index contributed by atoms with van der Waals surface area (Å²) in [5.74, 6) is 1.33. The van der Waals surface area contributed by atoms with Crippen LogP contribution in [0.1, 0.15) is 51.9 Å². The number of carbonyl (C=O) groups excluding carboxylic acids is 1. The molecule has 15 heavy (non-hydrogen) atoms. The third kappa shape index (κ3) is 3.04. The Balaban J connectivity index is 1.74. The van der Waals surface area contributed by atoms with Crippen LogP contribution >= 0.6 is 0 Å². The van der Waals surface area contributed by atoms with Gasteiger partial charge in [-0.2, -0.15) is 0 Å². The van der Waals surface area contributed by atoms with Gasteiger partial charge in [0, 0.05) is 26.1 Å². The topological polar surface area (TPSA) is 26.3 Å². The smallest absolute Gasteiger partial charge is 0.133 e. The molecule has 2 aliphatic rings. The van der Waals surface area contributed by atoms with E-state index in [1.54, 1.807) is 0 Å². The quantitative estimate of drug-likeness (QED) is 0.716. The average molecular weight is 210 g/mol. The van der Waals surface area contributed by atoms with Crippen LogP contribution in [0.2, 0.25) is 0 Å². The molecule has 0 spiro atoms. The van der Waals surface area contributed by atoms with Crippen LogP contribution in [0.15, 0.2) is 0 Å². The van der Waals surface area contributed by atoms with Gasteiger partial charge in [-0.15, -0.1) is 0 Å². The molecule has 0 bridgehead atoms. The monoisotopic (exact) mass is 210 g/mol. The number of rotatable bonds is 3. The van der Waals surface area contributed by atoms with E-state index in [-0.39, 0.29) is 0 Å². The van der Waals surface area contributed by atoms with Crippen LogP contribution in [0.25, 0.3) is 0 Å². The molecule has 0 aromatic rings. The van der Waals surface area contributed by atoms with E-state index in [1.807, 2.05) is 0 Å². The summed E-state index contributed by atoms with van der Waals surface area (Å²) < 4.78 is 5.36. The highest BCUT2D eigenvalue weighted by molar-refractivity contribution is 5.81. The average Bonchev–Trinajstić information content (AvgIpc) is 2.58. The van der Waals surface area contributed by atoms with E-state index in [0.717, 1.165) is 38.4 Å². The number of ether oxygens (including phenoxy) is 1. The fourth-order valence-electron chi connectivity index (χ4n) is 2.90. The zero-order chi connectivity index (χ0) is 10.7. The van der Waals surface area contributed by atoms with E-state index in [0.29, 0.717) is 11.2 Å². The summed E-state index contributed by atoms with van der Waals surface area (Å²) >= 11 is 0. The summed E-state index contributed by atoms with van der Waals surface area (Å²) in [6.45, 7) is 4.18. The van der Waals surface area contributed by atoms with Gasteiger partial charge in [0.05, 0.1) is 0 Å². The Kier molecular flexibility index (Phi) is 3.45. The molecule has 2 fully saturated rings. The maximum Gasteiger partial charge on any atom is 0.133 e. The first-order valence-corrected chi connectivity index (χ1v) is 6.27. The van der Waals surface area contributed by atoms with Crippen molar-refractivity contribution in [2.24, 2.45) is 11.3 Å². The van der Waals surface area contributed by atoms with Crippen LogP contribution in [0.4, 0.5) is 0 Å². The first kappa shape index (κ1) is 11.1. The molecule has 0 amide bonds. The molecular formula is C13H22O2. The van der Waals surface area contributed by atoms with Gasteiger partial charge in [-0.25, -0.2) is 0 Å². The molecule has 1 saturated heterocycles.